The van der Waals surface area contributed by atoms with E-state index in [9.17, 15) is 4.79 Å². The Balaban J connectivity index is 1.23. The summed E-state index contributed by atoms with van der Waals surface area (Å²) in [5.41, 5.74) is 7.77. The van der Waals surface area contributed by atoms with Crippen LogP contribution in [0.1, 0.15) is 38.9 Å². The Kier molecular flexibility index (Phi) is 6.98. The van der Waals surface area contributed by atoms with Crippen LogP contribution >= 0.6 is 0 Å². The number of carbonyl (C=O) groups excluding carboxylic acids is 1. The van der Waals surface area contributed by atoms with Crippen molar-refractivity contribution in [2.24, 2.45) is 5.10 Å². The van der Waals surface area contributed by atoms with Crippen LogP contribution in [0.4, 0.5) is 5.69 Å². The summed E-state index contributed by atoms with van der Waals surface area (Å²) in [5, 5.41) is 16.8. The number of likely N-dealkylation sites (N-methyl/N-ethyl adjacent to an activating group) is 1. The van der Waals surface area contributed by atoms with Crippen LogP contribution in [-0.2, 0) is 6.42 Å². The second kappa shape index (κ2) is 10.9. The molecule has 3 heterocycles. The predicted molar refractivity (Wildman–Crippen MR) is 152 cm³/mol. The largest absolute Gasteiger partial charge is 0.492 e. The van der Waals surface area contributed by atoms with Gasteiger partial charge in [0, 0.05) is 37.5 Å². The van der Waals surface area contributed by atoms with Gasteiger partial charge in [0.1, 0.15) is 6.04 Å². The van der Waals surface area contributed by atoms with Crippen molar-refractivity contribution in [3.63, 3.8) is 0 Å². The van der Waals surface area contributed by atoms with Gasteiger partial charge in [0.25, 0.3) is 5.91 Å². The summed E-state index contributed by atoms with van der Waals surface area (Å²) in [4.78, 5) is 16.9. The molecule has 1 aromatic heterocycles. The lowest BCUT2D eigenvalue weighted by Crippen LogP contribution is -2.35. The van der Waals surface area contributed by atoms with E-state index in [0.717, 1.165) is 35.3 Å². The molecule has 0 bridgehead atoms. The Bertz CT molecular complexity index is 1600. The number of benzene rings is 3. The molecule has 0 radical (unpaired) electrons. The quantitative estimate of drug-likeness (QED) is 0.272. The number of nitrogens with one attached hydrogen (secondary N) is 1. The maximum Gasteiger partial charge on any atom is 0.271 e. The molecule has 1 N–H and O–H groups in total. The minimum Gasteiger partial charge on any atom is -0.492 e. The first-order chi connectivity index (χ1) is 19.9. The van der Waals surface area contributed by atoms with Gasteiger partial charge < -0.3 is 19.1 Å². The van der Waals surface area contributed by atoms with Gasteiger partial charge in [0.2, 0.25) is 12.5 Å². The predicted octanol–water partition coefficient (Wildman–Crippen LogP) is 2.81. The van der Waals surface area contributed by atoms with Crippen LogP contribution in [-0.4, -0.2) is 78.8 Å². The van der Waals surface area contributed by atoms with Crippen LogP contribution in [0.25, 0.3) is 5.69 Å². The summed E-state index contributed by atoms with van der Waals surface area (Å²) >= 11 is 0. The third-order valence-corrected chi connectivity index (χ3v) is 7.30. The Labute approximate surface area is 237 Å². The third-order valence-electron chi connectivity index (χ3n) is 7.30. The lowest BCUT2D eigenvalue weighted by Gasteiger charge is -2.34. The van der Waals surface area contributed by atoms with E-state index in [4.69, 9.17) is 14.2 Å². The van der Waals surface area contributed by atoms with Crippen LogP contribution in [0.15, 0.2) is 59.7 Å². The Morgan fingerprint density at radius 3 is 2.66 bits per heavy atom. The van der Waals surface area contributed by atoms with E-state index >= 15 is 0 Å². The van der Waals surface area contributed by atoms with Crippen LogP contribution in [0.5, 0.6) is 17.2 Å². The number of carbonyl (C=O) groups is 1. The van der Waals surface area contributed by atoms with Crippen molar-refractivity contribution in [1.29, 1.82) is 0 Å². The molecule has 0 aliphatic carbocycles. The van der Waals surface area contributed by atoms with Crippen molar-refractivity contribution in [2.45, 2.75) is 12.5 Å². The van der Waals surface area contributed by atoms with Crippen molar-refractivity contribution in [3.05, 3.63) is 82.7 Å². The van der Waals surface area contributed by atoms with E-state index in [1.807, 2.05) is 56.4 Å². The molecular weight excluding hydrogens is 524 g/mol. The fourth-order valence-corrected chi connectivity index (χ4v) is 5.15. The van der Waals surface area contributed by atoms with Crippen LogP contribution < -0.4 is 24.5 Å². The van der Waals surface area contributed by atoms with E-state index < -0.39 is 0 Å². The third kappa shape index (κ3) is 4.93. The molecular formula is C29H30N8O4. The molecule has 210 valence electrons. The molecule has 0 saturated carbocycles. The average molecular weight is 555 g/mol. The number of amides is 1. The lowest BCUT2D eigenvalue weighted by atomic mass is 9.90. The van der Waals surface area contributed by atoms with Gasteiger partial charge in [-0.15, -0.1) is 5.10 Å². The second-order valence-electron chi connectivity index (χ2n) is 10.0. The summed E-state index contributed by atoms with van der Waals surface area (Å²) in [7, 11) is 7.62. The highest BCUT2D eigenvalue weighted by Gasteiger charge is 2.37. The molecule has 0 saturated heterocycles. The van der Waals surface area contributed by atoms with Crippen molar-refractivity contribution >= 4 is 17.8 Å². The first kappa shape index (κ1) is 26.3. The number of anilines is 1. The normalized spacial score (nSPS) is 16.0. The summed E-state index contributed by atoms with van der Waals surface area (Å²) in [5.74, 6) is 2.20. The SMILES string of the molecule is COc1c2c(cc3c1C(c1nnnn1-c1ccc(C(=O)NN=Cc4ccc(N(C)C)cc4)cc1)N(C)CC3)OCO2. The maximum atomic E-state index is 12.7. The summed E-state index contributed by atoms with van der Waals surface area (Å²) in [6.45, 7) is 0.953. The van der Waals surface area contributed by atoms with E-state index in [1.54, 1.807) is 42.3 Å². The minimum atomic E-state index is -0.323. The monoisotopic (exact) mass is 554 g/mol. The molecule has 12 nitrogen and oxygen atoms in total. The summed E-state index contributed by atoms with van der Waals surface area (Å²) < 4.78 is 18.9. The lowest BCUT2D eigenvalue weighted by molar-refractivity contribution is 0.0955. The second-order valence-corrected chi connectivity index (χ2v) is 10.0. The molecule has 0 spiro atoms. The highest BCUT2D eigenvalue weighted by atomic mass is 16.7. The number of hydrogen-bond donors (Lipinski definition) is 1. The van der Waals surface area contributed by atoms with Gasteiger partial charge in [-0.1, -0.05) is 12.1 Å². The fourth-order valence-electron chi connectivity index (χ4n) is 5.15. The van der Waals surface area contributed by atoms with E-state index in [0.29, 0.717) is 34.3 Å². The zero-order valence-electron chi connectivity index (χ0n) is 23.2. The molecule has 2 aliphatic rings. The highest BCUT2D eigenvalue weighted by Crippen LogP contribution is 2.50. The Morgan fingerprint density at radius 1 is 1.15 bits per heavy atom. The number of tetrazole rings is 1. The molecule has 41 heavy (non-hydrogen) atoms. The molecule has 6 rings (SSSR count). The topological polar surface area (TPSA) is 119 Å². The summed E-state index contributed by atoms with van der Waals surface area (Å²) in [6, 6.07) is 16.6. The van der Waals surface area contributed by atoms with Crippen molar-refractivity contribution in [2.75, 3.05) is 46.5 Å². The summed E-state index contributed by atoms with van der Waals surface area (Å²) in [6.07, 6.45) is 2.43. The van der Waals surface area contributed by atoms with Gasteiger partial charge in [-0.25, -0.2) is 5.43 Å². The van der Waals surface area contributed by atoms with Gasteiger partial charge in [0.05, 0.1) is 19.0 Å². The van der Waals surface area contributed by atoms with Crippen molar-refractivity contribution in [1.82, 2.24) is 30.5 Å². The van der Waals surface area contributed by atoms with Crippen molar-refractivity contribution < 1.29 is 19.0 Å². The number of rotatable bonds is 7. The van der Waals surface area contributed by atoms with E-state index in [-0.39, 0.29) is 18.7 Å². The molecule has 12 heteroatoms. The molecule has 2 aliphatic heterocycles. The minimum absolute atomic E-state index is 0.155. The molecule has 1 amide bonds. The van der Waals surface area contributed by atoms with Crippen molar-refractivity contribution in [3.8, 4) is 22.9 Å². The number of nitrogens with zero attached hydrogens (tertiary/aromatic N) is 7. The average Bonchev–Trinajstić information content (AvgIpc) is 3.66. The van der Waals surface area contributed by atoms with Crippen LogP contribution in [0.2, 0.25) is 0 Å². The van der Waals surface area contributed by atoms with Gasteiger partial charge >= 0.3 is 0 Å². The first-order valence-electron chi connectivity index (χ1n) is 13.1. The van der Waals surface area contributed by atoms with Gasteiger partial charge in [-0.2, -0.15) is 9.78 Å². The highest BCUT2D eigenvalue weighted by molar-refractivity contribution is 5.95. The standard InChI is InChI=1S/C29H30N8O4/c1-35(2)21-9-5-18(6-10-21)16-30-32-29(38)19-7-11-22(12-8-19)37-28(31-33-34-37)25-24-20(13-14-36(25)3)15-23-26(27(24)39-4)41-17-40-23/h5-12,15-16,25H,13-14,17H2,1-4H3,(H,32,38). The van der Waals surface area contributed by atoms with Gasteiger partial charge in [-0.05, 0) is 77.5 Å². The molecule has 0 fully saturated rings. The molecule has 1 atom stereocenters. The molecule has 1 unspecified atom stereocenters. The smallest absolute Gasteiger partial charge is 0.271 e. The molecule has 3 aromatic carbocycles. The number of methoxy groups -OCH3 is 1. The van der Waals surface area contributed by atoms with Gasteiger partial charge in [-0.3, -0.25) is 9.69 Å². The maximum absolute atomic E-state index is 12.7. The van der Waals surface area contributed by atoms with Crippen LogP contribution in [0.3, 0.4) is 0 Å². The zero-order chi connectivity index (χ0) is 28.5. The fraction of sp³-hybridized carbons (Fsp3) is 0.276. The Hall–Kier alpha value is -4.97. The number of fused-ring (bicyclic) bond motifs is 2. The van der Waals surface area contributed by atoms with Gasteiger partial charge in [0.15, 0.2) is 17.3 Å². The number of ether oxygens (including phenoxy) is 3. The molecule has 4 aromatic rings. The Morgan fingerprint density at radius 2 is 1.93 bits per heavy atom. The number of hydrazone groups is 1. The van der Waals surface area contributed by atoms with E-state index in [2.05, 4.69) is 31.0 Å². The van der Waals surface area contributed by atoms with Crippen LogP contribution in [0, 0.1) is 0 Å². The first-order valence-corrected chi connectivity index (χ1v) is 13.1. The van der Waals surface area contributed by atoms with E-state index in [1.165, 1.54) is 0 Å². The number of aromatic nitrogens is 4. The number of hydrogen-bond acceptors (Lipinski definition) is 10. The zero-order valence-corrected chi connectivity index (χ0v) is 23.2.